The fourth-order valence-electron chi connectivity index (χ4n) is 2.51. The Morgan fingerprint density at radius 3 is 2.42 bits per heavy atom. The topological polar surface area (TPSA) is 71.1 Å². The first kappa shape index (κ1) is 17.8. The lowest BCUT2D eigenvalue weighted by atomic mass is 10.0. The highest BCUT2D eigenvalue weighted by atomic mass is 32.1. The van der Waals surface area contributed by atoms with Crippen molar-refractivity contribution in [3.63, 3.8) is 0 Å². The number of thiophene rings is 1. The maximum absolute atomic E-state index is 12.7. The maximum Gasteiger partial charge on any atom is 0.262 e. The normalized spacial score (nSPS) is 11.5. The number of aromatic nitrogens is 1. The summed E-state index contributed by atoms with van der Waals surface area (Å²) in [5, 5.41) is 7.58. The van der Waals surface area contributed by atoms with Gasteiger partial charge in [-0.25, -0.2) is 0 Å². The van der Waals surface area contributed by atoms with Crippen LogP contribution < -0.4 is 10.6 Å². The largest absolute Gasteiger partial charge is 0.350 e. The van der Waals surface area contributed by atoms with Gasteiger partial charge in [-0.3, -0.25) is 14.6 Å². The molecular weight excluding hydrogens is 346 g/mol. The van der Waals surface area contributed by atoms with Crippen LogP contribution in [0.15, 0.2) is 72.4 Å². The minimum atomic E-state index is -0.645. The van der Waals surface area contributed by atoms with E-state index in [2.05, 4.69) is 15.6 Å². The second kappa shape index (κ2) is 8.92. The van der Waals surface area contributed by atoms with Gasteiger partial charge in [-0.1, -0.05) is 36.4 Å². The van der Waals surface area contributed by atoms with Crippen LogP contribution >= 0.6 is 11.3 Å². The van der Waals surface area contributed by atoms with Crippen LogP contribution in [-0.4, -0.2) is 22.8 Å². The Morgan fingerprint density at radius 1 is 0.962 bits per heavy atom. The molecule has 0 spiro atoms. The zero-order chi connectivity index (χ0) is 18.2. The quantitative estimate of drug-likeness (QED) is 0.676. The Kier molecular flexibility index (Phi) is 6.11. The number of amides is 2. The minimum absolute atomic E-state index is 0.212. The van der Waals surface area contributed by atoms with E-state index in [4.69, 9.17) is 0 Å². The lowest BCUT2D eigenvalue weighted by Crippen LogP contribution is -2.47. The van der Waals surface area contributed by atoms with Crippen molar-refractivity contribution in [1.29, 1.82) is 0 Å². The SMILES string of the molecule is O=C(N[C@@H](Cc1ccccc1)C(=O)NCc1ccncc1)c1cccs1. The van der Waals surface area contributed by atoms with Gasteiger partial charge in [0.15, 0.2) is 0 Å². The van der Waals surface area contributed by atoms with Crippen LogP contribution in [0.3, 0.4) is 0 Å². The average Bonchev–Trinajstić information content (AvgIpc) is 3.22. The number of hydrogen-bond donors (Lipinski definition) is 2. The van der Waals surface area contributed by atoms with E-state index in [1.165, 1.54) is 11.3 Å². The number of nitrogens with one attached hydrogen (secondary N) is 2. The van der Waals surface area contributed by atoms with Gasteiger partial charge in [0.25, 0.3) is 5.91 Å². The van der Waals surface area contributed by atoms with Gasteiger partial charge >= 0.3 is 0 Å². The first-order valence-electron chi connectivity index (χ1n) is 8.27. The van der Waals surface area contributed by atoms with E-state index in [0.29, 0.717) is 17.8 Å². The van der Waals surface area contributed by atoms with Crippen LogP contribution in [-0.2, 0) is 17.8 Å². The molecule has 0 aliphatic carbocycles. The van der Waals surface area contributed by atoms with Gasteiger partial charge in [0, 0.05) is 25.4 Å². The number of carbonyl (C=O) groups excluding carboxylic acids is 2. The van der Waals surface area contributed by atoms with Crippen molar-refractivity contribution in [2.45, 2.75) is 19.0 Å². The molecule has 0 aliphatic rings. The zero-order valence-corrected chi connectivity index (χ0v) is 14.9. The van der Waals surface area contributed by atoms with Crippen LogP contribution in [0.2, 0.25) is 0 Å². The molecule has 0 unspecified atom stereocenters. The zero-order valence-electron chi connectivity index (χ0n) is 14.1. The molecule has 0 saturated heterocycles. The molecule has 6 heteroatoms. The summed E-state index contributed by atoms with van der Waals surface area (Å²) in [4.78, 5) is 29.6. The summed E-state index contributed by atoms with van der Waals surface area (Å²) in [5.41, 5.74) is 1.94. The van der Waals surface area contributed by atoms with Gasteiger partial charge in [-0.05, 0) is 34.7 Å². The second-order valence-electron chi connectivity index (χ2n) is 5.77. The lowest BCUT2D eigenvalue weighted by Gasteiger charge is -2.18. The van der Waals surface area contributed by atoms with E-state index in [1.54, 1.807) is 18.5 Å². The Morgan fingerprint density at radius 2 is 1.73 bits per heavy atom. The number of rotatable bonds is 7. The van der Waals surface area contributed by atoms with Crippen molar-refractivity contribution < 1.29 is 9.59 Å². The van der Waals surface area contributed by atoms with E-state index in [-0.39, 0.29) is 11.8 Å². The van der Waals surface area contributed by atoms with Gasteiger partial charge in [0.2, 0.25) is 5.91 Å². The number of nitrogens with zero attached hydrogens (tertiary/aromatic N) is 1. The molecule has 1 atom stereocenters. The third-order valence-electron chi connectivity index (χ3n) is 3.87. The monoisotopic (exact) mass is 365 g/mol. The van der Waals surface area contributed by atoms with Gasteiger partial charge in [0.1, 0.15) is 6.04 Å². The van der Waals surface area contributed by atoms with Gasteiger partial charge in [-0.15, -0.1) is 11.3 Å². The van der Waals surface area contributed by atoms with Gasteiger partial charge in [0.05, 0.1) is 4.88 Å². The molecule has 0 fully saturated rings. The Labute approximate surface area is 156 Å². The summed E-state index contributed by atoms with van der Waals surface area (Å²) in [6.07, 6.45) is 3.79. The summed E-state index contributed by atoms with van der Waals surface area (Å²) < 4.78 is 0. The van der Waals surface area contributed by atoms with Gasteiger partial charge in [-0.2, -0.15) is 0 Å². The Bertz CT molecular complexity index is 836. The standard InChI is InChI=1S/C20H19N3O2S/c24-19(22-14-16-8-10-21-11-9-16)17(13-15-5-2-1-3-6-15)23-20(25)18-7-4-12-26-18/h1-12,17H,13-14H2,(H,22,24)(H,23,25)/t17-/m0/s1. The fourth-order valence-corrected chi connectivity index (χ4v) is 3.14. The number of carbonyl (C=O) groups is 2. The highest BCUT2D eigenvalue weighted by molar-refractivity contribution is 7.12. The van der Waals surface area contributed by atoms with Crippen molar-refractivity contribution in [2.24, 2.45) is 0 Å². The van der Waals surface area contributed by atoms with E-state index >= 15 is 0 Å². The van der Waals surface area contributed by atoms with Crippen molar-refractivity contribution in [2.75, 3.05) is 0 Å². The molecule has 5 nitrogen and oxygen atoms in total. The molecule has 2 aromatic heterocycles. The molecule has 0 saturated carbocycles. The van der Waals surface area contributed by atoms with Crippen LogP contribution in [0.4, 0.5) is 0 Å². The molecule has 0 aliphatic heterocycles. The van der Waals surface area contributed by atoms with E-state index < -0.39 is 6.04 Å². The first-order valence-corrected chi connectivity index (χ1v) is 9.15. The van der Waals surface area contributed by atoms with Crippen molar-refractivity contribution >= 4 is 23.2 Å². The second-order valence-corrected chi connectivity index (χ2v) is 6.71. The highest BCUT2D eigenvalue weighted by Gasteiger charge is 2.22. The molecule has 2 N–H and O–H groups in total. The molecule has 26 heavy (non-hydrogen) atoms. The summed E-state index contributed by atoms with van der Waals surface area (Å²) in [5.74, 6) is -0.449. The summed E-state index contributed by atoms with van der Waals surface area (Å²) in [7, 11) is 0. The predicted octanol–water partition coefficient (Wildman–Crippen LogP) is 2.80. The van der Waals surface area contributed by atoms with Crippen LogP contribution in [0.25, 0.3) is 0 Å². The van der Waals surface area contributed by atoms with Crippen molar-refractivity contribution in [3.05, 3.63) is 88.4 Å². The summed E-state index contributed by atoms with van der Waals surface area (Å²) >= 11 is 1.35. The molecule has 132 valence electrons. The van der Waals surface area contributed by atoms with Crippen LogP contribution in [0.1, 0.15) is 20.8 Å². The molecule has 0 bridgehead atoms. The molecule has 3 rings (SSSR count). The van der Waals surface area contributed by atoms with Crippen LogP contribution in [0.5, 0.6) is 0 Å². The molecular formula is C20H19N3O2S. The maximum atomic E-state index is 12.7. The summed E-state index contributed by atoms with van der Waals surface area (Å²) in [6, 6.07) is 16.3. The molecule has 2 amide bonds. The van der Waals surface area contributed by atoms with Crippen molar-refractivity contribution in [1.82, 2.24) is 15.6 Å². The van der Waals surface area contributed by atoms with Gasteiger partial charge < -0.3 is 10.6 Å². The molecule has 0 radical (unpaired) electrons. The predicted molar refractivity (Wildman–Crippen MR) is 102 cm³/mol. The van der Waals surface area contributed by atoms with E-state index in [9.17, 15) is 9.59 Å². The fraction of sp³-hybridized carbons (Fsp3) is 0.150. The van der Waals surface area contributed by atoms with E-state index in [1.807, 2.05) is 53.9 Å². The average molecular weight is 365 g/mol. The number of pyridine rings is 1. The Hall–Kier alpha value is -2.99. The van der Waals surface area contributed by atoms with Crippen molar-refractivity contribution in [3.8, 4) is 0 Å². The third-order valence-corrected chi connectivity index (χ3v) is 4.73. The smallest absolute Gasteiger partial charge is 0.262 e. The molecule has 3 aromatic rings. The highest BCUT2D eigenvalue weighted by Crippen LogP contribution is 2.10. The summed E-state index contributed by atoms with van der Waals surface area (Å²) in [6.45, 7) is 0.390. The Balaban J connectivity index is 1.68. The minimum Gasteiger partial charge on any atom is -0.350 e. The molecule has 1 aromatic carbocycles. The first-order chi connectivity index (χ1) is 12.7. The van der Waals surface area contributed by atoms with E-state index in [0.717, 1.165) is 11.1 Å². The number of hydrogen-bond acceptors (Lipinski definition) is 4. The number of benzene rings is 1. The van der Waals surface area contributed by atoms with Crippen LogP contribution in [0, 0.1) is 0 Å². The third kappa shape index (κ3) is 5.00. The lowest BCUT2D eigenvalue weighted by molar-refractivity contribution is -0.123. The molecule has 2 heterocycles.